The van der Waals surface area contributed by atoms with E-state index < -0.39 is 23.5 Å². The maximum absolute atomic E-state index is 13.5. The summed E-state index contributed by atoms with van der Waals surface area (Å²) >= 11 is 6.37. The van der Waals surface area contributed by atoms with Crippen molar-refractivity contribution in [2.45, 2.75) is 132 Å². The molecule has 49 heavy (non-hydrogen) atoms. The summed E-state index contributed by atoms with van der Waals surface area (Å²) in [5, 5.41) is 11.5. The third-order valence-corrected chi connectivity index (χ3v) is 15.6. The topological polar surface area (TPSA) is 89.9 Å². The molecule has 0 aliphatic heterocycles. The number of fused-ring (bicyclic) bond motifs is 7. The molecule has 1 aromatic rings. The van der Waals surface area contributed by atoms with E-state index in [4.69, 9.17) is 21.1 Å². The zero-order valence-electron chi connectivity index (χ0n) is 31.1. The molecule has 7 heteroatoms. The van der Waals surface area contributed by atoms with Crippen molar-refractivity contribution in [3.63, 3.8) is 0 Å². The highest BCUT2D eigenvalue weighted by atomic mass is 35.5. The normalized spacial score (nSPS) is 40.7. The maximum Gasteiger partial charge on any atom is 0.339 e. The largest absolute Gasteiger partial charge is 0.481 e. The molecule has 5 aliphatic carbocycles. The van der Waals surface area contributed by atoms with Crippen molar-refractivity contribution >= 4 is 29.5 Å². The van der Waals surface area contributed by atoms with E-state index in [0.29, 0.717) is 40.8 Å². The Morgan fingerprint density at radius 3 is 2.22 bits per heavy atom. The molecule has 6 nitrogen and oxygen atoms in total. The smallest absolute Gasteiger partial charge is 0.339 e. The van der Waals surface area contributed by atoms with Gasteiger partial charge in [-0.15, -0.1) is 0 Å². The molecule has 0 aromatic heterocycles. The SMILES string of the molecule is C/C=C(\C)C(=O)O[C@@H]1CC(C)(C)C[C@H]2C3=CC[C@@H]4[C@@]5(C)CC[C@H](OC(=O)c6ccccc6Cl)C(C)(C)[C@@H]5CC[C@@]4(C)[C@]3(C)CC[C@@]12C(=O)O. The van der Waals surface area contributed by atoms with Crippen molar-refractivity contribution in [1.29, 1.82) is 0 Å². The number of hydrogen-bond acceptors (Lipinski definition) is 5. The number of rotatable bonds is 5. The number of carboxylic acid groups (broad SMARTS) is 1. The molecule has 0 saturated heterocycles. The fourth-order valence-corrected chi connectivity index (χ4v) is 12.5. The Kier molecular flexibility index (Phi) is 8.86. The van der Waals surface area contributed by atoms with Gasteiger partial charge in [0.25, 0.3) is 0 Å². The van der Waals surface area contributed by atoms with Gasteiger partial charge in [0, 0.05) is 16.9 Å². The third-order valence-electron chi connectivity index (χ3n) is 15.3. The lowest BCUT2D eigenvalue weighted by atomic mass is 9.33. The van der Waals surface area contributed by atoms with Crippen molar-refractivity contribution < 1.29 is 29.0 Å². The minimum Gasteiger partial charge on any atom is -0.481 e. The fraction of sp³-hybridized carbons (Fsp3) is 0.690. The number of halogens is 1. The van der Waals surface area contributed by atoms with Gasteiger partial charge in [-0.3, -0.25) is 4.79 Å². The Hall–Kier alpha value is -2.60. The van der Waals surface area contributed by atoms with Crippen LogP contribution in [-0.4, -0.2) is 35.2 Å². The highest BCUT2D eigenvalue weighted by Gasteiger charge is 2.71. The average molecular weight is 693 g/mol. The van der Waals surface area contributed by atoms with E-state index >= 15 is 0 Å². The predicted octanol–water partition coefficient (Wildman–Crippen LogP) is 10.2. The Balaban J connectivity index is 1.34. The van der Waals surface area contributed by atoms with Gasteiger partial charge in [0.2, 0.25) is 0 Å². The maximum atomic E-state index is 13.5. The molecular formula is C42H57ClO6. The molecule has 4 fully saturated rings. The zero-order valence-corrected chi connectivity index (χ0v) is 31.8. The van der Waals surface area contributed by atoms with Crippen LogP contribution in [0.15, 0.2) is 47.6 Å². The van der Waals surface area contributed by atoms with Crippen LogP contribution in [-0.2, 0) is 19.1 Å². The Bertz CT molecular complexity index is 1610. The molecule has 6 rings (SSSR count). The van der Waals surface area contributed by atoms with Crippen molar-refractivity contribution in [3.05, 3.63) is 58.1 Å². The molecule has 0 radical (unpaired) electrons. The number of carbonyl (C=O) groups is 3. The van der Waals surface area contributed by atoms with E-state index in [1.165, 1.54) is 5.57 Å². The van der Waals surface area contributed by atoms with Crippen molar-refractivity contribution in [2.24, 2.45) is 50.2 Å². The molecule has 0 heterocycles. The van der Waals surface area contributed by atoms with Crippen LogP contribution in [0.4, 0.5) is 0 Å². The first-order valence-electron chi connectivity index (χ1n) is 18.5. The van der Waals surface area contributed by atoms with Gasteiger partial charge in [0.15, 0.2) is 0 Å². The zero-order chi connectivity index (χ0) is 35.9. The summed E-state index contributed by atoms with van der Waals surface area (Å²) < 4.78 is 12.5. The Morgan fingerprint density at radius 1 is 0.878 bits per heavy atom. The van der Waals surface area contributed by atoms with Crippen LogP contribution < -0.4 is 0 Å². The molecule has 1 aromatic carbocycles. The minimum atomic E-state index is -1.14. The number of hydrogen-bond donors (Lipinski definition) is 1. The van der Waals surface area contributed by atoms with Crippen LogP contribution in [0.2, 0.25) is 5.02 Å². The first-order chi connectivity index (χ1) is 22.8. The second-order valence-corrected chi connectivity index (χ2v) is 18.8. The average Bonchev–Trinajstić information content (AvgIpc) is 3.01. The van der Waals surface area contributed by atoms with Gasteiger partial charge in [0.05, 0.1) is 10.6 Å². The lowest BCUT2D eigenvalue weighted by molar-refractivity contribution is -0.215. The van der Waals surface area contributed by atoms with Crippen molar-refractivity contribution in [3.8, 4) is 0 Å². The molecule has 0 spiro atoms. The molecule has 5 aliphatic rings. The van der Waals surface area contributed by atoms with E-state index in [-0.39, 0.29) is 45.1 Å². The summed E-state index contributed by atoms with van der Waals surface area (Å²) in [5.41, 5.74) is 0.502. The van der Waals surface area contributed by atoms with Gasteiger partial charge < -0.3 is 14.6 Å². The summed E-state index contributed by atoms with van der Waals surface area (Å²) in [6, 6.07) is 7.10. The van der Waals surface area contributed by atoms with Gasteiger partial charge >= 0.3 is 17.9 Å². The third kappa shape index (κ3) is 5.27. The summed E-state index contributed by atoms with van der Waals surface area (Å²) in [4.78, 5) is 40.0. The summed E-state index contributed by atoms with van der Waals surface area (Å²) in [7, 11) is 0. The van der Waals surface area contributed by atoms with Gasteiger partial charge in [-0.1, -0.05) is 89.9 Å². The first-order valence-corrected chi connectivity index (χ1v) is 18.9. The van der Waals surface area contributed by atoms with Gasteiger partial charge in [-0.25, -0.2) is 9.59 Å². The number of ether oxygens (including phenoxy) is 2. The predicted molar refractivity (Wildman–Crippen MR) is 192 cm³/mol. The van der Waals surface area contributed by atoms with E-state index in [9.17, 15) is 19.5 Å². The number of benzene rings is 1. The molecule has 0 bridgehead atoms. The van der Waals surface area contributed by atoms with Crippen LogP contribution in [0.5, 0.6) is 0 Å². The molecule has 4 saturated carbocycles. The summed E-state index contributed by atoms with van der Waals surface area (Å²) in [6.07, 6.45) is 10.6. The second-order valence-electron chi connectivity index (χ2n) is 18.4. The van der Waals surface area contributed by atoms with Crippen LogP contribution in [0.1, 0.15) is 130 Å². The highest BCUT2D eigenvalue weighted by molar-refractivity contribution is 6.33. The van der Waals surface area contributed by atoms with Crippen LogP contribution in [0.3, 0.4) is 0 Å². The van der Waals surface area contributed by atoms with E-state index in [1.807, 2.05) is 19.1 Å². The van der Waals surface area contributed by atoms with E-state index in [0.717, 1.165) is 44.9 Å². The number of allylic oxidation sites excluding steroid dienone is 3. The molecule has 0 amide bonds. The molecule has 0 unspecified atom stereocenters. The van der Waals surface area contributed by atoms with Crippen LogP contribution >= 0.6 is 11.6 Å². The molecular weight excluding hydrogens is 636 g/mol. The quantitative estimate of drug-likeness (QED) is 0.188. The standard InChI is InChI=1S/C42H57ClO6/c1-10-25(2)34(44)49-33-24-37(3,4)23-28-27-15-16-31-39(7)19-18-32(48-35(45)26-13-11-12-14-29(26)43)38(5,6)30(39)17-20-41(31,9)40(27,8)21-22-42(28,33)36(46)47/h10-15,28,30-33H,16-24H2,1-9H3,(H,46,47)/b25-10+/t28-,30-,31+,32-,33+,39-,40+,41+,42-/m0/s1. The first kappa shape index (κ1) is 36.2. The fourth-order valence-electron chi connectivity index (χ4n) is 12.3. The number of esters is 2. The monoisotopic (exact) mass is 692 g/mol. The highest BCUT2D eigenvalue weighted by Crippen LogP contribution is 2.76. The Labute approximate surface area is 298 Å². The second kappa shape index (κ2) is 12.0. The number of carbonyl (C=O) groups excluding carboxylic acids is 2. The van der Waals surface area contributed by atoms with Gasteiger partial charge in [-0.05, 0) is 117 Å². The van der Waals surface area contributed by atoms with Gasteiger partial charge in [-0.2, -0.15) is 0 Å². The van der Waals surface area contributed by atoms with Crippen molar-refractivity contribution in [2.75, 3.05) is 0 Å². The summed E-state index contributed by atoms with van der Waals surface area (Å²) in [5.74, 6) is -1.02. The van der Waals surface area contributed by atoms with Crippen LogP contribution in [0, 0.1) is 50.2 Å². The number of aliphatic carboxylic acids is 1. The minimum absolute atomic E-state index is 0.0283. The number of carboxylic acids is 1. The molecule has 268 valence electrons. The molecule has 9 atom stereocenters. The van der Waals surface area contributed by atoms with Crippen molar-refractivity contribution in [1.82, 2.24) is 0 Å². The lowest BCUT2D eigenvalue weighted by Crippen LogP contribution is -2.67. The van der Waals surface area contributed by atoms with E-state index in [1.54, 1.807) is 25.1 Å². The summed E-state index contributed by atoms with van der Waals surface area (Å²) in [6.45, 7) is 19.9. The lowest BCUT2D eigenvalue weighted by Gasteiger charge is -2.71. The van der Waals surface area contributed by atoms with E-state index in [2.05, 4.69) is 54.5 Å². The molecule has 1 N–H and O–H groups in total. The Morgan fingerprint density at radius 2 is 1.57 bits per heavy atom. The van der Waals surface area contributed by atoms with Gasteiger partial charge in [0.1, 0.15) is 17.6 Å². The van der Waals surface area contributed by atoms with Crippen LogP contribution in [0.25, 0.3) is 0 Å².